The molecule has 140 valence electrons. The summed E-state index contributed by atoms with van der Waals surface area (Å²) in [7, 11) is 0. The number of aromatic nitrogens is 1. The molecule has 0 bridgehead atoms. The molecule has 0 radical (unpaired) electrons. The van der Waals surface area contributed by atoms with Gasteiger partial charge in [0.05, 0.1) is 12.1 Å². The summed E-state index contributed by atoms with van der Waals surface area (Å²) < 4.78 is 5.64. The van der Waals surface area contributed by atoms with Crippen molar-refractivity contribution in [3.8, 4) is 11.5 Å². The van der Waals surface area contributed by atoms with Gasteiger partial charge >= 0.3 is 5.97 Å². The fraction of sp³-hybridized carbons (Fsp3) is 0.450. The van der Waals surface area contributed by atoms with Gasteiger partial charge in [-0.3, -0.25) is 4.79 Å². The first-order chi connectivity index (χ1) is 12.2. The highest BCUT2D eigenvalue weighted by Crippen LogP contribution is 2.23. The highest BCUT2D eigenvalue weighted by atomic mass is 16.4. The molecule has 0 spiro atoms. The molecule has 6 nitrogen and oxygen atoms in total. The van der Waals surface area contributed by atoms with Gasteiger partial charge in [-0.05, 0) is 37.3 Å². The average molecular weight is 358 g/mol. The number of aliphatic carboxylic acids is 1. The van der Waals surface area contributed by atoms with E-state index in [9.17, 15) is 14.7 Å². The molecular weight excluding hydrogens is 332 g/mol. The SMILES string of the molecule is Cc1oc(-c2ccccc2)nc1CC(=O)NC(CCC(C)(C)C)C(=O)O. The predicted molar refractivity (Wildman–Crippen MR) is 98.6 cm³/mol. The first-order valence-corrected chi connectivity index (χ1v) is 8.69. The van der Waals surface area contributed by atoms with Gasteiger partial charge < -0.3 is 14.8 Å². The molecule has 1 unspecified atom stereocenters. The highest BCUT2D eigenvalue weighted by Gasteiger charge is 2.24. The molecular formula is C20H26N2O4. The van der Waals surface area contributed by atoms with Crippen LogP contribution in [0.2, 0.25) is 0 Å². The maximum Gasteiger partial charge on any atom is 0.326 e. The molecule has 2 aromatic rings. The minimum atomic E-state index is -1.02. The van der Waals surface area contributed by atoms with Crippen molar-refractivity contribution in [1.82, 2.24) is 10.3 Å². The molecule has 0 saturated carbocycles. The first kappa shape index (κ1) is 19.7. The van der Waals surface area contributed by atoms with Crippen LogP contribution in [0.1, 0.15) is 45.1 Å². The Balaban J connectivity index is 2.02. The lowest BCUT2D eigenvalue weighted by Gasteiger charge is -2.21. The van der Waals surface area contributed by atoms with Crippen LogP contribution in [-0.2, 0) is 16.0 Å². The van der Waals surface area contributed by atoms with E-state index < -0.39 is 12.0 Å². The van der Waals surface area contributed by atoms with Crippen LogP contribution >= 0.6 is 0 Å². The Bertz CT molecular complexity index is 760. The van der Waals surface area contributed by atoms with Crippen molar-refractivity contribution in [3.05, 3.63) is 41.8 Å². The zero-order valence-electron chi connectivity index (χ0n) is 15.7. The van der Waals surface area contributed by atoms with Gasteiger partial charge in [0.2, 0.25) is 11.8 Å². The van der Waals surface area contributed by atoms with Gasteiger partial charge in [0.25, 0.3) is 0 Å². The maximum atomic E-state index is 12.3. The van der Waals surface area contributed by atoms with E-state index in [0.29, 0.717) is 30.2 Å². The smallest absolute Gasteiger partial charge is 0.326 e. The minimum absolute atomic E-state index is 0.00567. The summed E-state index contributed by atoms with van der Waals surface area (Å²) in [5.41, 5.74) is 1.35. The van der Waals surface area contributed by atoms with Gasteiger partial charge in [0.1, 0.15) is 11.8 Å². The van der Waals surface area contributed by atoms with Crippen molar-refractivity contribution in [2.45, 2.75) is 53.0 Å². The summed E-state index contributed by atoms with van der Waals surface area (Å²) in [6.45, 7) is 7.86. The molecule has 6 heteroatoms. The van der Waals surface area contributed by atoms with Gasteiger partial charge in [-0.25, -0.2) is 9.78 Å². The number of hydrogen-bond acceptors (Lipinski definition) is 4. The summed E-state index contributed by atoms with van der Waals surface area (Å²) in [4.78, 5) is 28.1. The number of carbonyl (C=O) groups is 2. The number of carboxylic acids is 1. The molecule has 2 N–H and O–H groups in total. The Kier molecular flexibility index (Phi) is 6.18. The zero-order chi connectivity index (χ0) is 19.3. The van der Waals surface area contributed by atoms with Crippen LogP contribution in [0.3, 0.4) is 0 Å². The van der Waals surface area contributed by atoms with Crippen LogP contribution in [0.5, 0.6) is 0 Å². The summed E-state index contributed by atoms with van der Waals surface area (Å²) in [5.74, 6) is -0.388. The minimum Gasteiger partial charge on any atom is -0.480 e. The monoisotopic (exact) mass is 358 g/mol. The topological polar surface area (TPSA) is 92.4 Å². The summed E-state index contributed by atoms with van der Waals surface area (Å²) in [6, 6.07) is 8.52. The third kappa shape index (κ3) is 5.72. The van der Waals surface area contributed by atoms with Crippen LogP contribution < -0.4 is 5.32 Å². The van der Waals surface area contributed by atoms with Crippen molar-refractivity contribution in [2.75, 3.05) is 0 Å². The normalized spacial score (nSPS) is 12.6. The van der Waals surface area contributed by atoms with E-state index in [1.54, 1.807) is 6.92 Å². The number of carboxylic acid groups (broad SMARTS) is 1. The first-order valence-electron chi connectivity index (χ1n) is 8.69. The second kappa shape index (κ2) is 8.17. The number of benzene rings is 1. The molecule has 0 aliphatic carbocycles. The number of hydrogen-bond donors (Lipinski definition) is 2. The largest absolute Gasteiger partial charge is 0.480 e. The van der Waals surface area contributed by atoms with Gasteiger partial charge in [-0.2, -0.15) is 0 Å². The number of aryl methyl sites for hydroxylation is 1. The Hall–Kier alpha value is -2.63. The third-order valence-electron chi connectivity index (χ3n) is 4.06. The molecule has 0 aliphatic rings. The lowest BCUT2D eigenvalue weighted by atomic mass is 9.88. The number of nitrogens with one attached hydrogen (secondary N) is 1. The second-order valence-electron chi connectivity index (χ2n) is 7.62. The lowest BCUT2D eigenvalue weighted by molar-refractivity contribution is -0.142. The van der Waals surface area contributed by atoms with Gasteiger partial charge in [-0.1, -0.05) is 39.0 Å². The van der Waals surface area contributed by atoms with Gasteiger partial charge in [0, 0.05) is 5.56 Å². The lowest BCUT2D eigenvalue weighted by Crippen LogP contribution is -2.42. The molecule has 0 fully saturated rings. The van der Waals surface area contributed by atoms with Crippen molar-refractivity contribution in [1.29, 1.82) is 0 Å². The van der Waals surface area contributed by atoms with Crippen molar-refractivity contribution >= 4 is 11.9 Å². The Morgan fingerprint density at radius 2 is 1.88 bits per heavy atom. The van der Waals surface area contributed by atoms with Crippen LogP contribution in [0.15, 0.2) is 34.7 Å². The molecule has 1 atom stereocenters. The Labute approximate surface area is 153 Å². The standard InChI is InChI=1S/C20H26N2O4/c1-13-16(22-18(26-13)14-8-6-5-7-9-14)12-17(23)21-15(19(24)25)10-11-20(2,3)4/h5-9,15H,10-12H2,1-4H3,(H,21,23)(H,24,25). The van der Waals surface area contributed by atoms with E-state index in [0.717, 1.165) is 5.56 Å². The van der Waals surface area contributed by atoms with E-state index in [1.165, 1.54) is 0 Å². The molecule has 1 amide bonds. The van der Waals surface area contributed by atoms with Crippen molar-refractivity contribution in [3.63, 3.8) is 0 Å². The van der Waals surface area contributed by atoms with E-state index in [2.05, 4.69) is 10.3 Å². The maximum absolute atomic E-state index is 12.3. The van der Waals surface area contributed by atoms with Crippen molar-refractivity contribution < 1.29 is 19.1 Å². The molecule has 26 heavy (non-hydrogen) atoms. The number of nitrogens with zero attached hydrogens (tertiary/aromatic N) is 1. The number of rotatable bonds is 7. The van der Waals surface area contributed by atoms with Gasteiger partial charge in [0.15, 0.2) is 0 Å². The molecule has 1 aromatic heterocycles. The Morgan fingerprint density at radius 1 is 1.23 bits per heavy atom. The van der Waals surface area contributed by atoms with Crippen LogP contribution in [0, 0.1) is 12.3 Å². The highest BCUT2D eigenvalue weighted by molar-refractivity contribution is 5.84. The Morgan fingerprint density at radius 3 is 2.46 bits per heavy atom. The predicted octanol–water partition coefficient (Wildman–Crippen LogP) is 3.59. The van der Waals surface area contributed by atoms with Crippen LogP contribution in [0.4, 0.5) is 0 Å². The van der Waals surface area contributed by atoms with E-state index in [1.807, 2.05) is 51.1 Å². The van der Waals surface area contributed by atoms with E-state index >= 15 is 0 Å². The second-order valence-corrected chi connectivity index (χ2v) is 7.62. The average Bonchev–Trinajstić information content (AvgIpc) is 2.92. The van der Waals surface area contributed by atoms with Gasteiger partial charge in [-0.15, -0.1) is 0 Å². The summed E-state index contributed by atoms with van der Waals surface area (Å²) in [5, 5.41) is 11.9. The molecule has 2 rings (SSSR count). The van der Waals surface area contributed by atoms with Crippen LogP contribution in [-0.4, -0.2) is 28.0 Å². The fourth-order valence-electron chi connectivity index (χ4n) is 2.53. The molecule has 1 heterocycles. The van der Waals surface area contributed by atoms with Crippen molar-refractivity contribution in [2.24, 2.45) is 5.41 Å². The van der Waals surface area contributed by atoms with E-state index in [4.69, 9.17) is 4.42 Å². The molecule has 0 aliphatic heterocycles. The number of oxazole rings is 1. The zero-order valence-corrected chi connectivity index (χ0v) is 15.7. The molecule has 0 saturated heterocycles. The summed E-state index contributed by atoms with van der Waals surface area (Å²) in [6.07, 6.45) is 1.07. The summed E-state index contributed by atoms with van der Waals surface area (Å²) >= 11 is 0. The quantitative estimate of drug-likeness (QED) is 0.789. The third-order valence-corrected chi connectivity index (χ3v) is 4.06. The fourth-order valence-corrected chi connectivity index (χ4v) is 2.53. The number of amides is 1. The van der Waals surface area contributed by atoms with E-state index in [-0.39, 0.29) is 17.7 Å². The molecule has 1 aromatic carbocycles. The number of carbonyl (C=O) groups excluding carboxylic acids is 1. The van der Waals surface area contributed by atoms with Crippen LogP contribution in [0.25, 0.3) is 11.5 Å².